The lowest BCUT2D eigenvalue weighted by atomic mass is 9.94. The number of nitrogens with zero attached hydrogens (tertiary/aromatic N) is 4. The van der Waals surface area contributed by atoms with E-state index in [1.807, 2.05) is 44.2 Å². The predicted molar refractivity (Wildman–Crippen MR) is 124 cm³/mol. The molecule has 0 bridgehead atoms. The van der Waals surface area contributed by atoms with Crippen LogP contribution in [-0.4, -0.2) is 38.5 Å². The number of likely N-dealkylation sites (N-methyl/N-ethyl adjacent to an activating group) is 1. The summed E-state index contributed by atoms with van der Waals surface area (Å²) in [6.45, 7) is 3.91. The second kappa shape index (κ2) is 9.29. The Bertz CT molecular complexity index is 1280. The Kier molecular flexibility index (Phi) is 6.41. The number of aromatic nitrogens is 3. The third kappa shape index (κ3) is 4.66. The van der Waals surface area contributed by atoms with Crippen molar-refractivity contribution in [1.29, 1.82) is 0 Å². The van der Waals surface area contributed by atoms with Crippen LogP contribution in [-0.2, 0) is 17.4 Å². The average molecular weight is 467 g/mol. The number of fused-ring (bicyclic) bond motifs is 1. The second-order valence-corrected chi connectivity index (χ2v) is 8.52. The lowest BCUT2D eigenvalue weighted by Crippen LogP contribution is -2.38. The smallest absolute Gasteiger partial charge is 0.343 e. The minimum atomic E-state index is -4.40. The number of amides is 1. The molecule has 0 saturated carbocycles. The number of benzene rings is 2. The number of rotatable bonds is 6. The van der Waals surface area contributed by atoms with Gasteiger partial charge < -0.3 is 4.90 Å². The van der Waals surface area contributed by atoms with Crippen molar-refractivity contribution in [3.05, 3.63) is 89.9 Å². The van der Waals surface area contributed by atoms with E-state index in [-0.39, 0.29) is 11.9 Å². The van der Waals surface area contributed by atoms with E-state index < -0.39 is 17.7 Å². The van der Waals surface area contributed by atoms with E-state index in [1.54, 1.807) is 34.9 Å². The van der Waals surface area contributed by atoms with Gasteiger partial charge in [0.25, 0.3) is 0 Å². The van der Waals surface area contributed by atoms with Gasteiger partial charge in [0.15, 0.2) is 5.65 Å². The van der Waals surface area contributed by atoms with Crippen LogP contribution < -0.4 is 0 Å². The first kappa shape index (κ1) is 23.5. The van der Waals surface area contributed by atoms with E-state index in [1.165, 1.54) is 12.1 Å². The molecule has 0 radical (unpaired) electrons. The van der Waals surface area contributed by atoms with Gasteiger partial charge in [0, 0.05) is 24.8 Å². The predicted octanol–water partition coefficient (Wildman–Crippen LogP) is 5.61. The first-order valence-corrected chi connectivity index (χ1v) is 11.0. The maximum atomic E-state index is 13.5. The van der Waals surface area contributed by atoms with Gasteiger partial charge in [-0.1, -0.05) is 42.5 Å². The molecule has 5 nitrogen and oxygen atoms in total. The molecule has 0 saturated heterocycles. The van der Waals surface area contributed by atoms with E-state index in [9.17, 15) is 18.0 Å². The quantitative estimate of drug-likeness (QED) is 0.371. The standard InChI is InChI=1S/C26H25F3N4O/c1-17(2)32(3)25(34)21(15-18-7-5-4-6-8-18)23-13-14-30-24-22(16-31-33(23)24)19-9-11-20(12-10-19)26(27,28)29/h4-14,16-17,21H,15H2,1-3H3. The van der Waals surface area contributed by atoms with Crippen molar-refractivity contribution >= 4 is 11.6 Å². The Morgan fingerprint density at radius 2 is 1.71 bits per heavy atom. The number of alkyl halides is 3. The molecule has 34 heavy (non-hydrogen) atoms. The highest BCUT2D eigenvalue weighted by molar-refractivity contribution is 5.84. The highest BCUT2D eigenvalue weighted by Crippen LogP contribution is 2.33. The van der Waals surface area contributed by atoms with Crippen LogP contribution in [0.15, 0.2) is 73.1 Å². The molecule has 0 N–H and O–H groups in total. The largest absolute Gasteiger partial charge is 0.416 e. The van der Waals surface area contributed by atoms with Crippen LogP contribution >= 0.6 is 0 Å². The van der Waals surface area contributed by atoms with Gasteiger partial charge in [-0.25, -0.2) is 9.50 Å². The van der Waals surface area contributed by atoms with E-state index in [0.717, 1.165) is 17.7 Å². The highest BCUT2D eigenvalue weighted by Gasteiger charge is 2.31. The van der Waals surface area contributed by atoms with E-state index in [4.69, 9.17) is 0 Å². The fourth-order valence-corrected chi connectivity index (χ4v) is 3.88. The van der Waals surface area contributed by atoms with Gasteiger partial charge in [0.05, 0.1) is 23.4 Å². The summed E-state index contributed by atoms with van der Waals surface area (Å²) in [5.41, 5.74) is 2.61. The van der Waals surface area contributed by atoms with Crippen molar-refractivity contribution < 1.29 is 18.0 Å². The molecule has 8 heteroatoms. The van der Waals surface area contributed by atoms with Crippen LogP contribution in [0.5, 0.6) is 0 Å². The fourth-order valence-electron chi connectivity index (χ4n) is 3.88. The molecule has 2 aromatic carbocycles. The second-order valence-electron chi connectivity index (χ2n) is 8.52. The SMILES string of the molecule is CC(C)N(C)C(=O)C(Cc1ccccc1)c1ccnc2c(-c3ccc(C(F)(F)F)cc3)cnn12. The minimum absolute atomic E-state index is 0.0171. The summed E-state index contributed by atoms with van der Waals surface area (Å²) in [5, 5.41) is 4.48. The summed E-state index contributed by atoms with van der Waals surface area (Å²) in [5.74, 6) is -0.557. The molecular weight excluding hydrogens is 441 g/mol. The molecule has 4 aromatic rings. The first-order chi connectivity index (χ1) is 16.2. The maximum Gasteiger partial charge on any atom is 0.416 e. The summed E-state index contributed by atoms with van der Waals surface area (Å²) in [6.07, 6.45) is -0.741. The summed E-state index contributed by atoms with van der Waals surface area (Å²) >= 11 is 0. The van der Waals surface area contributed by atoms with Gasteiger partial charge in [0.2, 0.25) is 5.91 Å². The molecule has 1 amide bonds. The topological polar surface area (TPSA) is 50.5 Å². The van der Waals surface area contributed by atoms with Gasteiger partial charge in [-0.05, 0) is 49.6 Å². The Balaban J connectivity index is 1.78. The molecule has 4 rings (SSSR count). The number of carbonyl (C=O) groups excluding carboxylic acids is 1. The number of halogens is 3. The lowest BCUT2D eigenvalue weighted by molar-refractivity contribution is -0.137. The van der Waals surface area contributed by atoms with Crippen molar-refractivity contribution in [1.82, 2.24) is 19.5 Å². The van der Waals surface area contributed by atoms with Gasteiger partial charge in [0.1, 0.15) is 0 Å². The van der Waals surface area contributed by atoms with Crippen LogP contribution in [0.4, 0.5) is 13.2 Å². The van der Waals surface area contributed by atoms with Gasteiger partial charge >= 0.3 is 6.18 Å². The van der Waals surface area contributed by atoms with Gasteiger partial charge in [-0.2, -0.15) is 18.3 Å². The fraction of sp³-hybridized carbons (Fsp3) is 0.269. The lowest BCUT2D eigenvalue weighted by Gasteiger charge is -2.27. The van der Waals surface area contributed by atoms with E-state index >= 15 is 0 Å². The Morgan fingerprint density at radius 1 is 1.03 bits per heavy atom. The number of hydrogen-bond donors (Lipinski definition) is 0. The third-order valence-corrected chi connectivity index (χ3v) is 6.01. The normalized spacial score (nSPS) is 12.8. The monoisotopic (exact) mass is 466 g/mol. The van der Waals surface area contributed by atoms with Crippen molar-refractivity contribution in [2.45, 2.75) is 38.4 Å². The molecule has 0 aliphatic heterocycles. The Morgan fingerprint density at radius 3 is 2.32 bits per heavy atom. The van der Waals surface area contributed by atoms with Crippen LogP contribution in [0.3, 0.4) is 0 Å². The molecular formula is C26H25F3N4O. The van der Waals surface area contributed by atoms with Crippen LogP contribution in [0.1, 0.15) is 36.6 Å². The molecule has 0 aliphatic carbocycles. The van der Waals surface area contributed by atoms with Gasteiger partial charge in [-0.15, -0.1) is 0 Å². The number of hydrogen-bond acceptors (Lipinski definition) is 3. The summed E-state index contributed by atoms with van der Waals surface area (Å²) < 4.78 is 40.5. The van der Waals surface area contributed by atoms with Gasteiger partial charge in [-0.3, -0.25) is 4.79 Å². The van der Waals surface area contributed by atoms with Crippen molar-refractivity contribution in [2.24, 2.45) is 0 Å². The average Bonchev–Trinajstić information content (AvgIpc) is 3.26. The van der Waals surface area contributed by atoms with E-state index in [2.05, 4.69) is 10.1 Å². The molecule has 2 aromatic heterocycles. The van der Waals surface area contributed by atoms with Crippen LogP contribution in [0.2, 0.25) is 0 Å². The summed E-state index contributed by atoms with van der Waals surface area (Å²) in [6, 6.07) is 16.4. The molecule has 0 spiro atoms. The zero-order valence-electron chi connectivity index (χ0n) is 19.1. The molecule has 2 heterocycles. The Labute approximate surface area is 195 Å². The van der Waals surface area contributed by atoms with Crippen LogP contribution in [0.25, 0.3) is 16.8 Å². The molecule has 1 atom stereocenters. The van der Waals surface area contributed by atoms with Crippen molar-refractivity contribution in [2.75, 3.05) is 7.05 Å². The highest BCUT2D eigenvalue weighted by atomic mass is 19.4. The molecule has 0 fully saturated rings. The zero-order valence-corrected chi connectivity index (χ0v) is 19.1. The van der Waals surface area contributed by atoms with Crippen molar-refractivity contribution in [3.8, 4) is 11.1 Å². The first-order valence-electron chi connectivity index (χ1n) is 11.0. The third-order valence-electron chi connectivity index (χ3n) is 6.01. The summed E-state index contributed by atoms with van der Waals surface area (Å²) in [4.78, 5) is 19.6. The minimum Gasteiger partial charge on any atom is -0.343 e. The Hall–Kier alpha value is -3.68. The maximum absolute atomic E-state index is 13.5. The van der Waals surface area contributed by atoms with Crippen molar-refractivity contribution in [3.63, 3.8) is 0 Å². The molecule has 1 unspecified atom stereocenters. The molecule has 0 aliphatic rings. The zero-order chi connectivity index (χ0) is 24.5. The molecule has 176 valence electrons. The van der Waals surface area contributed by atoms with E-state index in [0.29, 0.717) is 28.9 Å². The summed E-state index contributed by atoms with van der Waals surface area (Å²) in [7, 11) is 1.78. The van der Waals surface area contributed by atoms with Crippen LogP contribution in [0, 0.1) is 0 Å². The number of carbonyl (C=O) groups is 1.